The number of diazo groups is 1. The Balaban J connectivity index is 3.37. The fourth-order valence-electron chi connectivity index (χ4n) is 0.825. The minimum absolute atomic E-state index is 0.277. The molecule has 0 saturated heterocycles. The van der Waals surface area contributed by atoms with Crippen molar-refractivity contribution in [2.75, 3.05) is 0 Å². The van der Waals surface area contributed by atoms with Gasteiger partial charge in [-0.25, -0.2) is 0 Å². The zero-order valence-corrected chi connectivity index (χ0v) is 7.95. The summed E-state index contributed by atoms with van der Waals surface area (Å²) in [5.41, 5.74) is -1.26. The van der Waals surface area contributed by atoms with Crippen molar-refractivity contribution in [3.8, 4) is 0 Å². The third kappa shape index (κ3) is 2.08. The monoisotopic (exact) mass is 241 g/mol. The van der Waals surface area contributed by atoms with Gasteiger partial charge < -0.3 is 0 Å². The molecule has 1 aromatic carbocycles. The highest BCUT2D eigenvalue weighted by Gasteiger charge is 2.34. The fraction of sp³-hybridized carbons (Fsp3) is 0.143. The number of benzene rings is 1. The van der Waals surface area contributed by atoms with Crippen molar-refractivity contribution >= 4 is 28.9 Å². The number of halogens is 5. The van der Waals surface area contributed by atoms with Gasteiger partial charge in [-0.2, -0.15) is 13.2 Å². The molecule has 0 saturated carbocycles. The van der Waals surface area contributed by atoms with Crippen LogP contribution in [0, 0.1) is 5.39 Å². The second kappa shape index (κ2) is 3.64. The van der Waals surface area contributed by atoms with E-state index in [0.29, 0.717) is 12.1 Å². The second-order valence-electron chi connectivity index (χ2n) is 2.39. The molecule has 0 fully saturated rings. The number of alkyl halides is 3. The molecular formula is C7H2Cl2F3N2+. The molecule has 0 aromatic heterocycles. The van der Waals surface area contributed by atoms with Gasteiger partial charge in [0.15, 0.2) is 4.98 Å². The van der Waals surface area contributed by atoms with Gasteiger partial charge in [0, 0.05) is 0 Å². The number of nitrogens with zero attached hydrogens (tertiary/aromatic N) is 2. The van der Waals surface area contributed by atoms with Gasteiger partial charge in [0.2, 0.25) is 5.39 Å². The average molecular weight is 242 g/mol. The molecule has 0 atom stereocenters. The Labute approximate surface area is 86.9 Å². The molecule has 0 N–H and O–H groups in total. The lowest BCUT2D eigenvalue weighted by molar-refractivity contribution is -0.137. The van der Waals surface area contributed by atoms with Gasteiger partial charge in [-0.05, 0) is 12.1 Å². The molecule has 0 bridgehead atoms. The minimum atomic E-state index is -4.53. The smallest absolute Gasteiger partial charge is 0.166 e. The molecule has 0 aliphatic heterocycles. The minimum Gasteiger partial charge on any atom is -0.166 e. The molecule has 2 nitrogen and oxygen atoms in total. The van der Waals surface area contributed by atoms with Crippen LogP contribution in [0.4, 0.5) is 18.9 Å². The number of hydrogen-bond acceptors (Lipinski definition) is 1. The van der Waals surface area contributed by atoms with Crippen LogP contribution in [0.1, 0.15) is 5.56 Å². The molecule has 0 amide bonds. The summed E-state index contributed by atoms with van der Waals surface area (Å²) in [7, 11) is 0. The molecule has 14 heavy (non-hydrogen) atoms. The first-order valence-electron chi connectivity index (χ1n) is 3.27. The number of rotatable bonds is 0. The Morgan fingerprint density at radius 2 is 1.57 bits per heavy atom. The molecule has 0 spiro atoms. The Kier molecular flexibility index (Phi) is 2.88. The van der Waals surface area contributed by atoms with Crippen molar-refractivity contribution in [2.45, 2.75) is 6.18 Å². The normalized spacial score (nSPS) is 11.1. The highest BCUT2D eigenvalue weighted by molar-refractivity contribution is 6.39. The van der Waals surface area contributed by atoms with Crippen molar-refractivity contribution in [3.63, 3.8) is 0 Å². The van der Waals surface area contributed by atoms with Crippen LogP contribution in [0.25, 0.3) is 4.98 Å². The first kappa shape index (κ1) is 11.1. The Hall–Kier alpha value is -0.990. The molecule has 0 aliphatic rings. The second-order valence-corrected chi connectivity index (χ2v) is 3.20. The molecule has 0 unspecified atom stereocenters. The van der Waals surface area contributed by atoms with E-state index >= 15 is 0 Å². The van der Waals surface area contributed by atoms with Gasteiger partial charge in [0.05, 0.1) is 5.56 Å². The van der Waals surface area contributed by atoms with Crippen LogP contribution in [-0.2, 0) is 6.18 Å². The lowest BCUT2D eigenvalue weighted by Crippen LogP contribution is -2.04. The van der Waals surface area contributed by atoms with E-state index in [1.54, 1.807) is 0 Å². The van der Waals surface area contributed by atoms with Crippen LogP contribution >= 0.6 is 23.2 Å². The van der Waals surface area contributed by atoms with Gasteiger partial charge in [-0.3, -0.25) is 0 Å². The Morgan fingerprint density at radius 3 is 1.86 bits per heavy atom. The van der Waals surface area contributed by atoms with Crippen molar-refractivity contribution in [2.24, 2.45) is 0 Å². The maximum Gasteiger partial charge on any atom is 0.421 e. The summed E-state index contributed by atoms with van der Waals surface area (Å²) in [6, 6.07) is 1.28. The molecular weight excluding hydrogens is 240 g/mol. The lowest BCUT2D eigenvalue weighted by atomic mass is 10.2. The topological polar surface area (TPSA) is 28.1 Å². The van der Waals surface area contributed by atoms with Crippen molar-refractivity contribution in [1.82, 2.24) is 0 Å². The van der Waals surface area contributed by atoms with E-state index in [2.05, 4.69) is 4.98 Å². The lowest BCUT2D eigenvalue weighted by Gasteiger charge is -2.05. The standard InChI is InChI=1S/C7H2Cl2F3N2/c8-4-1-3(7(10,11)12)2-5(9)6(4)14-13/h1-2H/q+1. The van der Waals surface area contributed by atoms with E-state index < -0.39 is 11.7 Å². The molecule has 7 heteroatoms. The zero-order chi connectivity index (χ0) is 10.9. The zero-order valence-electron chi connectivity index (χ0n) is 6.44. The summed E-state index contributed by atoms with van der Waals surface area (Å²) < 4.78 is 36.5. The molecule has 0 heterocycles. The van der Waals surface area contributed by atoms with Crippen LogP contribution in [0.2, 0.25) is 10.0 Å². The fourth-order valence-corrected chi connectivity index (χ4v) is 1.39. The van der Waals surface area contributed by atoms with E-state index in [1.807, 2.05) is 0 Å². The third-order valence-corrected chi connectivity index (χ3v) is 2.02. The molecule has 1 rings (SSSR count). The average Bonchev–Trinajstić information content (AvgIpc) is 2.01. The van der Waals surface area contributed by atoms with Gasteiger partial charge >= 0.3 is 11.9 Å². The largest absolute Gasteiger partial charge is 0.421 e. The van der Waals surface area contributed by atoms with Gasteiger partial charge in [-0.1, -0.05) is 23.2 Å². The van der Waals surface area contributed by atoms with Crippen LogP contribution in [0.15, 0.2) is 12.1 Å². The predicted octanol–water partition coefficient (Wildman–Crippen LogP) is 4.50. The van der Waals surface area contributed by atoms with E-state index in [-0.39, 0.29) is 15.7 Å². The summed E-state index contributed by atoms with van der Waals surface area (Å²) >= 11 is 10.8. The summed E-state index contributed by atoms with van der Waals surface area (Å²) in [6.07, 6.45) is -4.53. The molecule has 74 valence electrons. The van der Waals surface area contributed by atoms with Crippen LogP contribution in [0.3, 0.4) is 0 Å². The first-order chi connectivity index (χ1) is 6.36. The Morgan fingerprint density at radius 1 is 1.14 bits per heavy atom. The predicted molar refractivity (Wildman–Crippen MR) is 46.2 cm³/mol. The maximum absolute atomic E-state index is 12.2. The van der Waals surface area contributed by atoms with E-state index in [9.17, 15) is 13.2 Å². The highest BCUT2D eigenvalue weighted by Crippen LogP contribution is 2.39. The molecule has 1 aromatic rings. The SMILES string of the molecule is N#[N+]c1c(Cl)cc(C(F)(F)F)cc1Cl. The van der Waals surface area contributed by atoms with Crippen molar-refractivity contribution in [1.29, 1.82) is 5.39 Å². The van der Waals surface area contributed by atoms with Crippen molar-refractivity contribution < 1.29 is 13.2 Å². The van der Waals surface area contributed by atoms with Crippen LogP contribution in [-0.4, -0.2) is 0 Å². The van der Waals surface area contributed by atoms with Crippen LogP contribution in [0.5, 0.6) is 0 Å². The van der Waals surface area contributed by atoms with E-state index in [4.69, 9.17) is 28.6 Å². The summed E-state index contributed by atoms with van der Waals surface area (Å²) in [5.74, 6) is 0. The van der Waals surface area contributed by atoms with Gasteiger partial charge in [-0.15, -0.1) is 0 Å². The summed E-state index contributed by atoms with van der Waals surface area (Å²) in [5, 5.41) is 7.66. The van der Waals surface area contributed by atoms with E-state index in [0.717, 1.165) is 0 Å². The molecule has 0 aliphatic carbocycles. The Bertz CT molecular complexity index is 385. The van der Waals surface area contributed by atoms with Gasteiger partial charge in [0.1, 0.15) is 10.0 Å². The van der Waals surface area contributed by atoms with Crippen molar-refractivity contribution in [3.05, 3.63) is 32.7 Å². The van der Waals surface area contributed by atoms with Crippen LogP contribution < -0.4 is 0 Å². The third-order valence-electron chi connectivity index (χ3n) is 1.44. The maximum atomic E-state index is 12.2. The highest BCUT2D eigenvalue weighted by atomic mass is 35.5. The quantitative estimate of drug-likeness (QED) is 0.615. The summed E-state index contributed by atoms with van der Waals surface area (Å²) in [4.78, 5) is 2.66. The summed E-state index contributed by atoms with van der Waals surface area (Å²) in [6.45, 7) is 0. The number of hydrogen-bond donors (Lipinski definition) is 0. The van der Waals surface area contributed by atoms with E-state index in [1.165, 1.54) is 0 Å². The van der Waals surface area contributed by atoms with Gasteiger partial charge in [0.25, 0.3) is 0 Å². The molecule has 0 radical (unpaired) electrons. The first-order valence-corrected chi connectivity index (χ1v) is 4.03.